The van der Waals surface area contributed by atoms with Crippen molar-refractivity contribution in [2.75, 3.05) is 5.32 Å². The highest BCUT2D eigenvalue weighted by Gasteiger charge is 2.12. The first-order valence-electron chi connectivity index (χ1n) is 5.46. The third-order valence-electron chi connectivity index (χ3n) is 2.44. The second kappa shape index (κ2) is 5.87. The number of nitrogens with one attached hydrogen (secondary N) is 1. The van der Waals surface area contributed by atoms with E-state index in [1.807, 2.05) is 22.6 Å². The molecule has 1 heterocycles. The van der Waals surface area contributed by atoms with Crippen molar-refractivity contribution >= 4 is 40.2 Å². The van der Waals surface area contributed by atoms with Gasteiger partial charge in [-0.2, -0.15) is 0 Å². The second-order valence-electron chi connectivity index (χ2n) is 3.85. The standard InChI is InChI=1S/C13H9IN2O4/c14-7-1-4-11(17)9(5-7)12(18)16-8-2-3-10(13(19)20)15-6-8/h1-6,17H,(H,16,18)(H,19,20). The summed E-state index contributed by atoms with van der Waals surface area (Å²) in [5.41, 5.74) is 0.373. The molecule has 3 N–H and O–H groups in total. The van der Waals surface area contributed by atoms with E-state index in [0.717, 1.165) is 3.57 Å². The van der Waals surface area contributed by atoms with Crippen molar-refractivity contribution < 1.29 is 19.8 Å². The van der Waals surface area contributed by atoms with Gasteiger partial charge in [-0.1, -0.05) is 0 Å². The van der Waals surface area contributed by atoms with E-state index in [0.29, 0.717) is 5.69 Å². The molecule has 7 heteroatoms. The molecule has 1 amide bonds. The number of hydrogen-bond donors (Lipinski definition) is 3. The van der Waals surface area contributed by atoms with Gasteiger partial charge >= 0.3 is 5.97 Å². The molecule has 20 heavy (non-hydrogen) atoms. The van der Waals surface area contributed by atoms with Gasteiger partial charge in [0.05, 0.1) is 17.4 Å². The third-order valence-corrected chi connectivity index (χ3v) is 3.11. The molecule has 0 unspecified atom stereocenters. The first-order chi connectivity index (χ1) is 9.47. The van der Waals surface area contributed by atoms with Gasteiger partial charge in [0, 0.05) is 3.57 Å². The molecule has 0 saturated heterocycles. The Morgan fingerprint density at radius 1 is 1.20 bits per heavy atom. The van der Waals surface area contributed by atoms with Gasteiger partial charge < -0.3 is 15.5 Å². The zero-order valence-electron chi connectivity index (χ0n) is 10.0. The molecule has 0 atom stereocenters. The molecule has 2 rings (SSSR count). The minimum absolute atomic E-state index is 0.111. The van der Waals surface area contributed by atoms with Crippen molar-refractivity contribution in [3.05, 3.63) is 51.4 Å². The Bertz CT molecular complexity index is 671. The average molecular weight is 384 g/mol. The van der Waals surface area contributed by atoms with Crippen LogP contribution in [0.3, 0.4) is 0 Å². The molecule has 6 nitrogen and oxygen atoms in total. The SMILES string of the molecule is O=C(O)c1ccc(NC(=O)c2cc(I)ccc2O)cn1. The Hall–Kier alpha value is -2.16. The van der Waals surface area contributed by atoms with E-state index in [9.17, 15) is 14.7 Å². The van der Waals surface area contributed by atoms with Gasteiger partial charge in [-0.25, -0.2) is 9.78 Å². The number of rotatable bonds is 3. The summed E-state index contributed by atoms with van der Waals surface area (Å²) >= 11 is 2.03. The fourth-order valence-electron chi connectivity index (χ4n) is 1.48. The summed E-state index contributed by atoms with van der Waals surface area (Å²) in [4.78, 5) is 26.3. The molecule has 2 aromatic rings. The van der Waals surface area contributed by atoms with Crippen molar-refractivity contribution in [1.29, 1.82) is 0 Å². The second-order valence-corrected chi connectivity index (χ2v) is 5.10. The van der Waals surface area contributed by atoms with Crippen molar-refractivity contribution in [2.24, 2.45) is 0 Å². The minimum Gasteiger partial charge on any atom is -0.507 e. The van der Waals surface area contributed by atoms with Crippen LogP contribution in [0.2, 0.25) is 0 Å². The number of aromatic carboxylic acids is 1. The summed E-state index contributed by atoms with van der Waals surface area (Å²) in [5.74, 6) is -1.76. The van der Waals surface area contributed by atoms with E-state index in [2.05, 4.69) is 10.3 Å². The van der Waals surface area contributed by atoms with Gasteiger partial charge in [0.15, 0.2) is 0 Å². The fourth-order valence-corrected chi connectivity index (χ4v) is 1.97. The van der Waals surface area contributed by atoms with Crippen LogP contribution in [0.5, 0.6) is 5.75 Å². The number of halogens is 1. The summed E-state index contributed by atoms with van der Waals surface area (Å²) in [6, 6.07) is 7.37. The predicted octanol–water partition coefficient (Wildman–Crippen LogP) is 2.34. The lowest BCUT2D eigenvalue weighted by Gasteiger charge is -2.07. The summed E-state index contributed by atoms with van der Waals surface area (Å²) in [6.45, 7) is 0. The average Bonchev–Trinajstić information content (AvgIpc) is 2.42. The van der Waals surface area contributed by atoms with Crippen molar-refractivity contribution in [3.63, 3.8) is 0 Å². The first kappa shape index (κ1) is 14.3. The summed E-state index contributed by atoms with van der Waals surface area (Å²) in [7, 11) is 0. The Morgan fingerprint density at radius 3 is 2.55 bits per heavy atom. The highest BCUT2D eigenvalue weighted by Crippen LogP contribution is 2.21. The number of carbonyl (C=O) groups is 2. The molecule has 0 saturated carbocycles. The molecule has 0 aliphatic carbocycles. The van der Waals surface area contributed by atoms with Crippen LogP contribution in [0, 0.1) is 3.57 Å². The van der Waals surface area contributed by atoms with Crippen LogP contribution in [-0.2, 0) is 0 Å². The molecular formula is C13H9IN2O4. The molecule has 0 radical (unpaired) electrons. The van der Waals surface area contributed by atoms with E-state index in [-0.39, 0.29) is 17.0 Å². The number of anilines is 1. The van der Waals surface area contributed by atoms with Crippen molar-refractivity contribution in [2.45, 2.75) is 0 Å². The first-order valence-corrected chi connectivity index (χ1v) is 6.54. The highest BCUT2D eigenvalue weighted by molar-refractivity contribution is 14.1. The number of nitrogens with zero attached hydrogens (tertiary/aromatic N) is 1. The van der Waals surface area contributed by atoms with Crippen LogP contribution in [0.25, 0.3) is 0 Å². The summed E-state index contributed by atoms with van der Waals surface area (Å²) < 4.78 is 0.810. The quantitative estimate of drug-likeness (QED) is 0.706. The number of aromatic hydroxyl groups is 1. The maximum atomic E-state index is 12.0. The van der Waals surface area contributed by atoms with Crippen LogP contribution in [-0.4, -0.2) is 27.1 Å². The summed E-state index contributed by atoms with van der Waals surface area (Å²) in [6.07, 6.45) is 1.24. The van der Waals surface area contributed by atoms with Gasteiger partial charge in [-0.15, -0.1) is 0 Å². The number of phenols is 1. The smallest absolute Gasteiger partial charge is 0.354 e. The normalized spacial score (nSPS) is 10.1. The Kier molecular flexibility index (Phi) is 4.18. The minimum atomic E-state index is -1.14. The van der Waals surface area contributed by atoms with Crippen LogP contribution in [0.1, 0.15) is 20.8 Å². The van der Waals surface area contributed by atoms with Gasteiger partial charge in [-0.05, 0) is 52.9 Å². The highest BCUT2D eigenvalue weighted by atomic mass is 127. The number of amides is 1. The van der Waals surface area contributed by atoms with E-state index in [4.69, 9.17) is 5.11 Å². The van der Waals surface area contributed by atoms with Crippen molar-refractivity contribution in [1.82, 2.24) is 4.98 Å². The molecule has 0 bridgehead atoms. The van der Waals surface area contributed by atoms with Crippen LogP contribution < -0.4 is 5.32 Å². The number of carboxylic acids is 1. The number of aromatic nitrogens is 1. The Morgan fingerprint density at radius 2 is 1.95 bits per heavy atom. The monoisotopic (exact) mass is 384 g/mol. The lowest BCUT2D eigenvalue weighted by molar-refractivity contribution is 0.0690. The topological polar surface area (TPSA) is 99.5 Å². The lowest BCUT2D eigenvalue weighted by Crippen LogP contribution is -2.13. The van der Waals surface area contributed by atoms with Gasteiger partial charge in [0.25, 0.3) is 5.91 Å². The zero-order valence-corrected chi connectivity index (χ0v) is 12.2. The largest absolute Gasteiger partial charge is 0.507 e. The maximum absolute atomic E-state index is 12.0. The van der Waals surface area contributed by atoms with E-state index < -0.39 is 11.9 Å². The number of carboxylic acid groups (broad SMARTS) is 1. The number of hydrogen-bond acceptors (Lipinski definition) is 4. The number of benzene rings is 1. The van der Waals surface area contributed by atoms with Gasteiger partial charge in [-0.3, -0.25) is 4.79 Å². The zero-order chi connectivity index (χ0) is 14.7. The number of phenolic OH excluding ortho intramolecular Hbond substituents is 1. The lowest BCUT2D eigenvalue weighted by atomic mass is 10.2. The Balaban J connectivity index is 2.19. The Labute approximate surface area is 127 Å². The molecule has 0 aliphatic heterocycles. The summed E-state index contributed by atoms with van der Waals surface area (Å²) in [5, 5.41) is 20.9. The van der Waals surface area contributed by atoms with Gasteiger partial charge in [0.2, 0.25) is 0 Å². The van der Waals surface area contributed by atoms with Crippen LogP contribution in [0.15, 0.2) is 36.5 Å². The van der Waals surface area contributed by atoms with E-state index in [1.165, 1.54) is 24.4 Å². The third kappa shape index (κ3) is 3.23. The molecule has 102 valence electrons. The number of pyridine rings is 1. The molecule has 0 aliphatic rings. The molecule has 0 fully saturated rings. The molecule has 1 aromatic heterocycles. The van der Waals surface area contributed by atoms with Crippen LogP contribution >= 0.6 is 22.6 Å². The van der Waals surface area contributed by atoms with Crippen molar-refractivity contribution in [3.8, 4) is 5.75 Å². The molecule has 0 spiro atoms. The fraction of sp³-hybridized carbons (Fsp3) is 0. The van der Waals surface area contributed by atoms with Crippen LogP contribution in [0.4, 0.5) is 5.69 Å². The predicted molar refractivity (Wildman–Crippen MR) is 80.0 cm³/mol. The van der Waals surface area contributed by atoms with Gasteiger partial charge in [0.1, 0.15) is 11.4 Å². The maximum Gasteiger partial charge on any atom is 0.354 e. The molecular weight excluding hydrogens is 375 g/mol. The molecule has 1 aromatic carbocycles. The van der Waals surface area contributed by atoms with E-state index in [1.54, 1.807) is 12.1 Å². The number of carbonyl (C=O) groups excluding carboxylic acids is 1. The van der Waals surface area contributed by atoms with E-state index >= 15 is 0 Å².